The van der Waals surface area contributed by atoms with Crippen molar-refractivity contribution >= 4 is 45.9 Å². The lowest BCUT2D eigenvalue weighted by Gasteiger charge is -2.73. The van der Waals surface area contributed by atoms with Crippen molar-refractivity contribution in [3.63, 3.8) is 0 Å². The van der Waals surface area contributed by atoms with E-state index in [4.69, 9.17) is 0 Å². The van der Waals surface area contributed by atoms with Gasteiger partial charge in [0.25, 0.3) is 0 Å². The van der Waals surface area contributed by atoms with Gasteiger partial charge < -0.3 is 0 Å². The molecule has 0 atom stereocenters. The molecule has 1 saturated heterocycles. The highest BCUT2D eigenvalue weighted by atomic mass is 15.0. The van der Waals surface area contributed by atoms with E-state index in [1.165, 1.54) is 32.6 Å². The smallest absolute Gasteiger partial charge is 0.149 e. The lowest BCUT2D eigenvalue weighted by Crippen LogP contribution is -2.88. The molecule has 0 unspecified atom stereocenters. The van der Waals surface area contributed by atoms with E-state index < -0.39 is 12.3 Å². The minimum absolute atomic E-state index is 0.907. The number of rotatable bonds is 8. The molecule has 0 saturated carbocycles. The number of benzene rings is 4. The lowest BCUT2D eigenvalue weighted by molar-refractivity contribution is -0.513. The van der Waals surface area contributed by atoms with Crippen molar-refractivity contribution in [3.8, 4) is 0 Å². The molecule has 1 aliphatic rings. The van der Waals surface area contributed by atoms with Gasteiger partial charge in [-0.2, -0.15) is 9.15 Å². The Hall–Kier alpha value is -4.09. The van der Waals surface area contributed by atoms with E-state index in [0.717, 1.165) is 26.2 Å². The molecule has 0 aliphatic carbocycles. The van der Waals surface area contributed by atoms with Gasteiger partial charge >= 0.3 is 0 Å². The highest BCUT2D eigenvalue weighted by molar-refractivity contribution is 7.48. The average Bonchev–Trinajstić information content (AvgIpc) is 3.03. The molecule has 4 aromatic rings. The molecule has 1 aliphatic heterocycles. The highest BCUT2D eigenvalue weighted by Gasteiger charge is 2.55. The van der Waals surface area contributed by atoms with Crippen molar-refractivity contribution in [1.82, 2.24) is 0 Å². The van der Waals surface area contributed by atoms with Gasteiger partial charge in [0, 0.05) is 0 Å². The molecule has 1 fully saturated rings. The third-order valence-electron chi connectivity index (χ3n) is 9.17. The molecule has 1 heterocycles. The van der Waals surface area contributed by atoms with E-state index in [0.29, 0.717) is 0 Å². The summed E-state index contributed by atoms with van der Waals surface area (Å²) in [5, 5.41) is 2.74. The van der Waals surface area contributed by atoms with Crippen molar-refractivity contribution < 1.29 is 9.15 Å². The van der Waals surface area contributed by atoms with Gasteiger partial charge in [-0.3, -0.25) is 10.7 Å². The lowest BCUT2D eigenvalue weighted by atomic mass is 8.79. The molecule has 4 heteroatoms. The van der Waals surface area contributed by atoms with Gasteiger partial charge in [0.05, 0.1) is 24.0 Å². The second kappa shape index (κ2) is 12.0. The standard InChI is InChI=1S/C36H40B2N2/c1-5-39(6-2)29-35-37(31-21-13-9-14-22-31,32-23-15-10-16-24-32)36(30-40(7-3)8-4)38(35,33-25-17-11-18-26-33)34-27-19-12-20-28-34/h9-28H,5-8H2,1-4H3. The fraction of sp³-hybridized carbons (Fsp3) is 0.222. The van der Waals surface area contributed by atoms with Crippen molar-refractivity contribution in [2.45, 2.75) is 27.7 Å². The summed E-state index contributed by atoms with van der Waals surface area (Å²) in [4.78, 5) is 0. The number of nitrogens with zero attached hydrogens (tertiary/aromatic N) is 2. The predicted octanol–water partition coefficient (Wildman–Crippen LogP) is 3.98. The normalized spacial score (nSPS) is 15.0. The van der Waals surface area contributed by atoms with Crippen LogP contribution in [-0.2, 0) is 0 Å². The Labute approximate surface area is 240 Å². The van der Waals surface area contributed by atoms with Crippen LogP contribution in [0.2, 0.25) is 0 Å². The van der Waals surface area contributed by atoms with Gasteiger partial charge in [0.15, 0.2) is 0 Å². The van der Waals surface area contributed by atoms with E-state index in [1.807, 2.05) is 0 Å². The van der Waals surface area contributed by atoms with Crippen LogP contribution in [0.5, 0.6) is 0 Å². The Morgan fingerprint density at radius 3 is 0.825 bits per heavy atom. The van der Waals surface area contributed by atoms with Gasteiger partial charge in [-0.15, -0.1) is 0 Å². The van der Waals surface area contributed by atoms with Gasteiger partial charge in [-0.05, 0) is 27.7 Å². The second-order valence-electron chi connectivity index (χ2n) is 10.9. The molecule has 0 spiro atoms. The van der Waals surface area contributed by atoms with Gasteiger partial charge in [-0.1, -0.05) is 121 Å². The summed E-state index contributed by atoms with van der Waals surface area (Å²) in [7, 11) is 0. The molecule has 0 aromatic heterocycles. The summed E-state index contributed by atoms with van der Waals surface area (Å²) >= 11 is 0. The van der Waals surface area contributed by atoms with E-state index in [2.05, 4.69) is 170 Å². The second-order valence-corrected chi connectivity index (χ2v) is 10.9. The van der Waals surface area contributed by atoms with Crippen LogP contribution in [0.15, 0.2) is 132 Å². The quantitative estimate of drug-likeness (QED) is 0.188. The zero-order valence-corrected chi connectivity index (χ0v) is 24.4. The van der Waals surface area contributed by atoms with E-state index in [9.17, 15) is 0 Å². The maximum Gasteiger partial charge on any atom is 0.149 e. The van der Waals surface area contributed by atoms with Gasteiger partial charge in [0.1, 0.15) is 26.2 Å². The van der Waals surface area contributed by atoms with Crippen molar-refractivity contribution in [2.75, 3.05) is 26.2 Å². The SMILES string of the molecule is CC[N+](=C=C1[B-](c2ccccc2)(c2ccccc2)C(=C=[N+](CC)CC)[B-]1(c1ccccc1)c1ccccc1)CC. The minimum atomic E-state index is -1.49. The molecule has 5 rings (SSSR count). The molecule has 2 nitrogen and oxygen atoms in total. The van der Waals surface area contributed by atoms with Crippen LogP contribution in [0, 0.1) is 0 Å². The summed E-state index contributed by atoms with van der Waals surface area (Å²) in [5.41, 5.74) is 5.29. The maximum atomic E-state index is 4.09. The Morgan fingerprint density at radius 2 is 0.625 bits per heavy atom. The van der Waals surface area contributed by atoms with Crippen molar-refractivity contribution in [1.29, 1.82) is 0 Å². The van der Waals surface area contributed by atoms with Crippen LogP contribution in [0.25, 0.3) is 0 Å². The first-order valence-corrected chi connectivity index (χ1v) is 15.0. The van der Waals surface area contributed by atoms with Crippen LogP contribution in [-0.4, -0.2) is 59.4 Å². The third kappa shape index (κ3) is 4.35. The third-order valence-corrected chi connectivity index (χ3v) is 9.17. The van der Waals surface area contributed by atoms with Crippen LogP contribution < -0.4 is 21.9 Å². The minimum Gasteiger partial charge on any atom is -0.262 e. The van der Waals surface area contributed by atoms with Crippen LogP contribution in [0.4, 0.5) is 0 Å². The summed E-state index contributed by atoms with van der Waals surface area (Å²) in [6.45, 7) is 12.5. The summed E-state index contributed by atoms with van der Waals surface area (Å²) in [5.74, 6) is 8.19. The first kappa shape index (κ1) is 27.5. The zero-order valence-electron chi connectivity index (χ0n) is 24.4. The summed E-state index contributed by atoms with van der Waals surface area (Å²) in [6.07, 6.45) is -2.97. The summed E-state index contributed by atoms with van der Waals surface area (Å²) in [6, 6.07) is 44.5. The zero-order chi connectivity index (χ0) is 28.0. The monoisotopic (exact) mass is 522 g/mol. The molecule has 40 heavy (non-hydrogen) atoms. The van der Waals surface area contributed by atoms with E-state index in [1.54, 1.807) is 0 Å². The molecule has 4 aromatic carbocycles. The van der Waals surface area contributed by atoms with E-state index in [-0.39, 0.29) is 0 Å². The van der Waals surface area contributed by atoms with Crippen LogP contribution >= 0.6 is 0 Å². The van der Waals surface area contributed by atoms with Crippen LogP contribution in [0.1, 0.15) is 27.7 Å². The molecule has 0 N–H and O–H groups in total. The van der Waals surface area contributed by atoms with Crippen LogP contribution in [0.3, 0.4) is 0 Å². The largest absolute Gasteiger partial charge is 0.262 e. The average molecular weight is 522 g/mol. The van der Waals surface area contributed by atoms with E-state index >= 15 is 0 Å². The highest BCUT2D eigenvalue weighted by Crippen LogP contribution is 2.45. The summed E-state index contributed by atoms with van der Waals surface area (Å²) < 4.78 is 4.71. The fourth-order valence-electron chi connectivity index (χ4n) is 7.29. The first-order chi connectivity index (χ1) is 19.7. The Balaban J connectivity index is 2.11. The molecule has 0 radical (unpaired) electrons. The molecule has 0 amide bonds. The molecule has 0 bridgehead atoms. The molecular formula is C36H40B2N2. The first-order valence-electron chi connectivity index (χ1n) is 15.0. The van der Waals surface area contributed by atoms with Crippen molar-refractivity contribution in [2.24, 2.45) is 0 Å². The maximum absolute atomic E-state index is 4.09. The number of hydrogen-bond donors (Lipinski definition) is 0. The molecule has 200 valence electrons. The predicted molar refractivity (Wildman–Crippen MR) is 176 cm³/mol. The van der Waals surface area contributed by atoms with Gasteiger partial charge in [0.2, 0.25) is 0 Å². The van der Waals surface area contributed by atoms with Gasteiger partial charge in [-0.25, -0.2) is 21.9 Å². The van der Waals surface area contributed by atoms with Crippen molar-refractivity contribution in [3.05, 3.63) is 132 Å². The topological polar surface area (TPSA) is 6.02 Å². The Kier molecular flexibility index (Phi) is 8.22. The Morgan fingerprint density at radius 1 is 0.400 bits per heavy atom. The fourth-order valence-corrected chi connectivity index (χ4v) is 7.29. The Bertz CT molecular complexity index is 1350. The number of hydrogen-bond acceptors (Lipinski definition) is 0. The molecular weight excluding hydrogens is 482 g/mol.